The van der Waals surface area contributed by atoms with Crippen molar-refractivity contribution in [1.82, 2.24) is 30.1 Å². The van der Waals surface area contributed by atoms with E-state index in [0.29, 0.717) is 24.4 Å². The zero-order valence-corrected chi connectivity index (χ0v) is 13.8. The number of aromatic nitrogens is 5. The second-order valence-corrected chi connectivity index (χ2v) is 6.30. The largest absolute Gasteiger partial charge is 0.381 e. The highest BCUT2D eigenvalue weighted by Crippen LogP contribution is 2.31. The molecule has 2 aromatic heterocycles. The summed E-state index contributed by atoms with van der Waals surface area (Å²) in [4.78, 5) is 14.5. The van der Waals surface area contributed by atoms with Crippen molar-refractivity contribution in [1.29, 1.82) is 0 Å². The highest BCUT2D eigenvalue weighted by molar-refractivity contribution is 5.94. The number of carbonyl (C=O) groups excluding carboxylic acids is 1. The van der Waals surface area contributed by atoms with Crippen LogP contribution >= 0.6 is 0 Å². The summed E-state index contributed by atoms with van der Waals surface area (Å²) in [7, 11) is 0. The molecule has 1 atom stereocenters. The molecule has 0 radical (unpaired) electrons. The Bertz CT molecular complexity index is 889. The number of likely N-dealkylation sites (tertiary alicyclic amines) is 1. The molecule has 0 aliphatic carbocycles. The van der Waals surface area contributed by atoms with E-state index in [0.717, 1.165) is 11.3 Å². The Kier molecular flexibility index (Phi) is 3.61. The van der Waals surface area contributed by atoms with E-state index in [1.807, 2.05) is 43.5 Å². The molecule has 0 bridgehead atoms. The molecular weight excluding hydrogens is 320 g/mol. The van der Waals surface area contributed by atoms with Crippen molar-refractivity contribution in [2.75, 3.05) is 13.1 Å². The zero-order valence-electron chi connectivity index (χ0n) is 13.8. The molecule has 8 heteroatoms. The van der Waals surface area contributed by atoms with Crippen molar-refractivity contribution in [3.05, 3.63) is 59.7 Å². The Morgan fingerprint density at radius 3 is 2.84 bits per heavy atom. The van der Waals surface area contributed by atoms with Gasteiger partial charge in [0.1, 0.15) is 11.3 Å². The Balaban J connectivity index is 1.57. The third kappa shape index (κ3) is 2.70. The highest BCUT2D eigenvalue weighted by atomic mass is 16.3. The molecule has 25 heavy (non-hydrogen) atoms. The summed E-state index contributed by atoms with van der Waals surface area (Å²) in [6.07, 6.45) is 3.75. The monoisotopic (exact) mass is 338 g/mol. The van der Waals surface area contributed by atoms with Gasteiger partial charge >= 0.3 is 0 Å². The van der Waals surface area contributed by atoms with Crippen LogP contribution in [-0.4, -0.2) is 54.2 Å². The maximum atomic E-state index is 12.9. The van der Waals surface area contributed by atoms with Gasteiger partial charge in [0.25, 0.3) is 5.91 Å². The van der Waals surface area contributed by atoms with Crippen LogP contribution in [0.3, 0.4) is 0 Å². The predicted octanol–water partition coefficient (Wildman–Crippen LogP) is 1.03. The van der Waals surface area contributed by atoms with Crippen molar-refractivity contribution >= 4 is 5.91 Å². The fourth-order valence-corrected chi connectivity index (χ4v) is 3.14. The molecule has 1 fully saturated rings. The van der Waals surface area contributed by atoms with Gasteiger partial charge in [0, 0.05) is 24.7 Å². The SMILES string of the molecule is Cc1cn(-c2ccccc2)nc1C(=O)N1CCC(O)(c2cn[nH]n2)C1. The van der Waals surface area contributed by atoms with Gasteiger partial charge in [0.05, 0.1) is 18.4 Å². The molecular formula is C17H18N6O2. The number of aryl methyl sites for hydroxylation is 1. The van der Waals surface area contributed by atoms with Gasteiger partial charge in [0.15, 0.2) is 5.69 Å². The second kappa shape index (κ2) is 5.82. The van der Waals surface area contributed by atoms with Crippen LogP contribution in [-0.2, 0) is 5.60 Å². The summed E-state index contributed by atoms with van der Waals surface area (Å²) in [5, 5.41) is 25.4. The first-order chi connectivity index (χ1) is 12.1. The van der Waals surface area contributed by atoms with Crippen LogP contribution in [0.2, 0.25) is 0 Å². The number of nitrogens with one attached hydrogen (secondary N) is 1. The number of hydrogen-bond donors (Lipinski definition) is 2. The lowest BCUT2D eigenvalue weighted by molar-refractivity contribution is 0.0380. The molecule has 3 aromatic rings. The lowest BCUT2D eigenvalue weighted by Gasteiger charge is -2.20. The molecule has 1 aliphatic heterocycles. The van der Waals surface area contributed by atoms with Crippen molar-refractivity contribution in [3.8, 4) is 5.69 Å². The Hall–Kier alpha value is -3.00. The van der Waals surface area contributed by atoms with Gasteiger partial charge in [-0.05, 0) is 19.1 Å². The van der Waals surface area contributed by atoms with E-state index in [2.05, 4.69) is 20.5 Å². The van der Waals surface area contributed by atoms with Crippen molar-refractivity contribution in [3.63, 3.8) is 0 Å². The topological polar surface area (TPSA) is 99.9 Å². The molecule has 1 aromatic carbocycles. The number of aromatic amines is 1. The average molecular weight is 338 g/mol. The summed E-state index contributed by atoms with van der Waals surface area (Å²) in [6.45, 7) is 2.48. The number of benzene rings is 1. The number of rotatable bonds is 3. The van der Waals surface area contributed by atoms with Crippen LogP contribution in [0.5, 0.6) is 0 Å². The third-order valence-corrected chi connectivity index (χ3v) is 4.55. The normalized spacial score (nSPS) is 20.2. The summed E-state index contributed by atoms with van der Waals surface area (Å²) < 4.78 is 1.70. The maximum absolute atomic E-state index is 12.9. The first-order valence-electron chi connectivity index (χ1n) is 8.06. The van der Waals surface area contributed by atoms with Crippen LogP contribution in [0.15, 0.2) is 42.7 Å². The zero-order chi connectivity index (χ0) is 17.4. The minimum Gasteiger partial charge on any atom is -0.381 e. The molecule has 128 valence electrons. The van der Waals surface area contributed by atoms with E-state index in [1.165, 1.54) is 6.20 Å². The molecule has 4 rings (SSSR count). The Morgan fingerprint density at radius 1 is 1.32 bits per heavy atom. The number of H-pyrrole nitrogens is 1. The van der Waals surface area contributed by atoms with E-state index < -0.39 is 5.60 Å². The van der Waals surface area contributed by atoms with Gasteiger partial charge in [-0.1, -0.05) is 18.2 Å². The standard InChI is InChI=1S/C17H18N6O2/c1-12-10-23(13-5-3-2-4-6-13)20-15(12)16(24)22-8-7-17(25,11-22)14-9-18-21-19-14/h2-6,9-10,25H,7-8,11H2,1H3,(H,18,19,21). The average Bonchev–Trinajstić information content (AvgIpc) is 3.35. The first-order valence-corrected chi connectivity index (χ1v) is 8.06. The number of β-amino-alcohol motifs (C(OH)–C–C–N with tert-alkyl or cyclic N) is 1. The van der Waals surface area contributed by atoms with Crippen LogP contribution in [0.1, 0.15) is 28.2 Å². The predicted molar refractivity (Wildman–Crippen MR) is 89.1 cm³/mol. The number of hydrogen-bond acceptors (Lipinski definition) is 5. The Morgan fingerprint density at radius 2 is 2.12 bits per heavy atom. The fraction of sp³-hybridized carbons (Fsp3) is 0.294. The van der Waals surface area contributed by atoms with Gasteiger partial charge in [0.2, 0.25) is 0 Å². The van der Waals surface area contributed by atoms with Gasteiger partial charge in [-0.15, -0.1) is 0 Å². The molecule has 8 nitrogen and oxygen atoms in total. The lowest BCUT2D eigenvalue weighted by Crippen LogP contribution is -2.35. The molecule has 1 unspecified atom stereocenters. The van der Waals surface area contributed by atoms with E-state index in [4.69, 9.17) is 0 Å². The molecule has 1 aliphatic rings. The molecule has 2 N–H and O–H groups in total. The highest BCUT2D eigenvalue weighted by Gasteiger charge is 2.42. The number of carbonyl (C=O) groups is 1. The van der Waals surface area contributed by atoms with Gasteiger partial charge < -0.3 is 10.0 Å². The minimum atomic E-state index is -1.17. The summed E-state index contributed by atoms with van der Waals surface area (Å²) in [5.74, 6) is -0.188. The fourth-order valence-electron chi connectivity index (χ4n) is 3.14. The maximum Gasteiger partial charge on any atom is 0.274 e. The number of nitrogens with zero attached hydrogens (tertiary/aromatic N) is 5. The molecule has 0 saturated carbocycles. The summed E-state index contributed by atoms with van der Waals surface area (Å²) >= 11 is 0. The van der Waals surface area contributed by atoms with Crippen molar-refractivity contribution in [2.45, 2.75) is 18.9 Å². The quantitative estimate of drug-likeness (QED) is 0.743. The Labute approximate surface area is 144 Å². The van der Waals surface area contributed by atoms with E-state index in [-0.39, 0.29) is 12.5 Å². The number of amides is 1. The van der Waals surface area contributed by atoms with Crippen LogP contribution in [0, 0.1) is 6.92 Å². The molecule has 3 heterocycles. The molecule has 1 saturated heterocycles. The second-order valence-electron chi connectivity index (χ2n) is 6.30. The summed E-state index contributed by atoms with van der Waals surface area (Å²) in [6, 6.07) is 9.64. The van der Waals surface area contributed by atoms with Crippen molar-refractivity contribution in [2.24, 2.45) is 0 Å². The number of para-hydroxylation sites is 1. The van der Waals surface area contributed by atoms with Crippen LogP contribution in [0.25, 0.3) is 5.69 Å². The van der Waals surface area contributed by atoms with E-state index in [9.17, 15) is 9.90 Å². The van der Waals surface area contributed by atoms with Crippen molar-refractivity contribution < 1.29 is 9.90 Å². The third-order valence-electron chi connectivity index (χ3n) is 4.55. The minimum absolute atomic E-state index is 0.177. The number of aliphatic hydroxyl groups is 1. The first kappa shape index (κ1) is 15.5. The summed E-state index contributed by atoms with van der Waals surface area (Å²) in [5.41, 5.74) is 1.37. The van der Waals surface area contributed by atoms with Crippen LogP contribution < -0.4 is 0 Å². The lowest BCUT2D eigenvalue weighted by atomic mass is 10.00. The molecule has 0 spiro atoms. The molecule has 1 amide bonds. The van der Waals surface area contributed by atoms with Crippen LogP contribution in [0.4, 0.5) is 0 Å². The smallest absolute Gasteiger partial charge is 0.274 e. The van der Waals surface area contributed by atoms with Gasteiger partial charge in [-0.2, -0.15) is 20.5 Å². The van der Waals surface area contributed by atoms with E-state index >= 15 is 0 Å². The van der Waals surface area contributed by atoms with Gasteiger partial charge in [-0.25, -0.2) is 4.68 Å². The van der Waals surface area contributed by atoms with E-state index in [1.54, 1.807) is 9.58 Å². The van der Waals surface area contributed by atoms with Gasteiger partial charge in [-0.3, -0.25) is 4.79 Å².